The first kappa shape index (κ1) is 19.6. The predicted octanol–water partition coefficient (Wildman–Crippen LogP) is 6.19. The molecule has 0 aliphatic heterocycles. The first-order chi connectivity index (χ1) is 14.7. The van der Waals surface area contributed by atoms with E-state index in [1.807, 2.05) is 72.5 Å². The standard InChI is InChI=1S/C25H22FN3O/c1-18(29(20-10-6-14-27-16-20)21-11-7-15-28-17-21)24-22(19-8-4-3-5-9-19)12-13-23(30-2)25(24)26/h3-18H,1-2H3. The second kappa shape index (κ2) is 8.74. The molecular formula is C25H22FN3O. The molecule has 0 amide bonds. The van der Waals surface area contributed by atoms with Gasteiger partial charge in [0.05, 0.1) is 36.9 Å². The molecule has 0 radical (unpaired) electrons. The largest absolute Gasteiger partial charge is 0.494 e. The summed E-state index contributed by atoms with van der Waals surface area (Å²) in [5, 5.41) is 0. The number of aromatic nitrogens is 2. The van der Waals surface area contributed by atoms with Crippen LogP contribution in [-0.2, 0) is 0 Å². The van der Waals surface area contributed by atoms with E-state index in [1.165, 1.54) is 7.11 Å². The summed E-state index contributed by atoms with van der Waals surface area (Å²) in [5.74, 6) is -0.155. The van der Waals surface area contributed by atoms with Crippen LogP contribution in [0, 0.1) is 5.82 Å². The van der Waals surface area contributed by atoms with Crippen LogP contribution >= 0.6 is 0 Å². The number of pyridine rings is 2. The van der Waals surface area contributed by atoms with Gasteiger partial charge >= 0.3 is 0 Å². The van der Waals surface area contributed by atoms with Gasteiger partial charge in [-0.2, -0.15) is 0 Å². The Labute approximate surface area is 175 Å². The van der Waals surface area contributed by atoms with E-state index < -0.39 is 0 Å². The molecule has 0 saturated carbocycles. The maximum atomic E-state index is 15.7. The molecule has 2 aromatic heterocycles. The minimum absolute atomic E-state index is 0.217. The Morgan fingerprint density at radius 3 is 2.00 bits per heavy atom. The Morgan fingerprint density at radius 1 is 0.833 bits per heavy atom. The topological polar surface area (TPSA) is 38.2 Å². The van der Waals surface area contributed by atoms with Gasteiger partial charge in [-0.25, -0.2) is 4.39 Å². The molecule has 1 atom stereocenters. The molecule has 0 saturated heterocycles. The number of rotatable bonds is 6. The number of anilines is 2. The molecule has 0 bridgehead atoms. The van der Waals surface area contributed by atoms with Crippen molar-refractivity contribution in [2.24, 2.45) is 0 Å². The van der Waals surface area contributed by atoms with E-state index in [9.17, 15) is 0 Å². The van der Waals surface area contributed by atoms with Crippen LogP contribution in [0.15, 0.2) is 91.5 Å². The van der Waals surface area contributed by atoms with Gasteiger partial charge in [0.15, 0.2) is 11.6 Å². The number of hydrogen-bond acceptors (Lipinski definition) is 4. The van der Waals surface area contributed by atoms with Gasteiger partial charge in [-0.15, -0.1) is 0 Å². The monoisotopic (exact) mass is 399 g/mol. The van der Waals surface area contributed by atoms with Crippen LogP contribution in [0.4, 0.5) is 15.8 Å². The molecule has 0 fully saturated rings. The summed E-state index contributed by atoms with van der Waals surface area (Å²) in [6, 6.07) is 20.7. The third-order valence-corrected chi connectivity index (χ3v) is 5.10. The Morgan fingerprint density at radius 2 is 1.47 bits per heavy atom. The van der Waals surface area contributed by atoms with Gasteiger partial charge in [0, 0.05) is 18.0 Å². The lowest BCUT2D eigenvalue weighted by atomic mass is 9.93. The molecular weight excluding hydrogens is 377 g/mol. The van der Waals surface area contributed by atoms with Crippen LogP contribution in [0.2, 0.25) is 0 Å². The highest BCUT2D eigenvalue weighted by Gasteiger charge is 2.26. The van der Waals surface area contributed by atoms with Gasteiger partial charge in [-0.1, -0.05) is 36.4 Å². The van der Waals surface area contributed by atoms with Crippen molar-refractivity contribution in [3.8, 4) is 16.9 Å². The molecule has 30 heavy (non-hydrogen) atoms. The average Bonchev–Trinajstić information content (AvgIpc) is 2.81. The van der Waals surface area contributed by atoms with E-state index in [1.54, 1.807) is 30.9 Å². The van der Waals surface area contributed by atoms with Crippen LogP contribution < -0.4 is 9.64 Å². The second-order valence-corrected chi connectivity index (χ2v) is 6.88. The molecule has 4 aromatic rings. The van der Waals surface area contributed by atoms with Crippen molar-refractivity contribution in [1.29, 1.82) is 0 Å². The van der Waals surface area contributed by atoms with Crippen molar-refractivity contribution in [2.45, 2.75) is 13.0 Å². The van der Waals surface area contributed by atoms with Gasteiger partial charge in [-0.05, 0) is 48.4 Å². The Balaban J connectivity index is 1.93. The van der Waals surface area contributed by atoms with E-state index in [0.717, 1.165) is 22.5 Å². The van der Waals surface area contributed by atoms with Crippen LogP contribution in [0.25, 0.3) is 11.1 Å². The highest BCUT2D eigenvalue weighted by atomic mass is 19.1. The van der Waals surface area contributed by atoms with E-state index in [-0.39, 0.29) is 17.6 Å². The fourth-order valence-corrected chi connectivity index (χ4v) is 3.73. The first-order valence-electron chi connectivity index (χ1n) is 9.71. The average molecular weight is 399 g/mol. The smallest absolute Gasteiger partial charge is 0.170 e. The van der Waals surface area contributed by atoms with Crippen LogP contribution in [-0.4, -0.2) is 17.1 Å². The zero-order chi connectivity index (χ0) is 20.9. The van der Waals surface area contributed by atoms with Crippen molar-refractivity contribution < 1.29 is 9.13 Å². The predicted molar refractivity (Wildman–Crippen MR) is 117 cm³/mol. The number of ether oxygens (including phenoxy) is 1. The Hall–Kier alpha value is -3.73. The lowest BCUT2D eigenvalue weighted by Gasteiger charge is -2.33. The normalized spacial score (nSPS) is 11.7. The third-order valence-electron chi connectivity index (χ3n) is 5.10. The van der Waals surface area contributed by atoms with Crippen molar-refractivity contribution >= 4 is 11.4 Å². The summed E-state index contributed by atoms with van der Waals surface area (Å²) < 4.78 is 21.0. The van der Waals surface area contributed by atoms with Crippen LogP contribution in [0.5, 0.6) is 5.75 Å². The van der Waals surface area contributed by atoms with E-state index in [0.29, 0.717) is 5.56 Å². The SMILES string of the molecule is COc1ccc(-c2ccccc2)c(C(C)N(c2cccnc2)c2cccnc2)c1F. The summed E-state index contributed by atoms with van der Waals surface area (Å²) >= 11 is 0. The fourth-order valence-electron chi connectivity index (χ4n) is 3.73. The van der Waals surface area contributed by atoms with Crippen molar-refractivity contribution in [3.63, 3.8) is 0 Å². The zero-order valence-electron chi connectivity index (χ0n) is 16.9. The second-order valence-electron chi connectivity index (χ2n) is 6.88. The van der Waals surface area contributed by atoms with Gasteiger partial charge in [0.1, 0.15) is 0 Å². The molecule has 0 aliphatic rings. The number of methoxy groups -OCH3 is 1. The van der Waals surface area contributed by atoms with Crippen molar-refractivity contribution in [2.75, 3.05) is 12.0 Å². The van der Waals surface area contributed by atoms with Gasteiger partial charge in [-0.3, -0.25) is 9.97 Å². The minimum Gasteiger partial charge on any atom is -0.494 e. The fraction of sp³-hybridized carbons (Fsp3) is 0.120. The molecule has 0 spiro atoms. The van der Waals surface area contributed by atoms with Gasteiger partial charge < -0.3 is 9.64 Å². The Kier molecular flexibility index (Phi) is 5.70. The molecule has 1 unspecified atom stereocenters. The molecule has 5 heteroatoms. The van der Waals surface area contributed by atoms with E-state index in [2.05, 4.69) is 9.97 Å². The molecule has 150 valence electrons. The van der Waals surface area contributed by atoms with E-state index >= 15 is 4.39 Å². The molecule has 4 rings (SSSR count). The summed E-state index contributed by atoms with van der Waals surface area (Å²) in [6.07, 6.45) is 6.97. The third kappa shape index (κ3) is 3.74. The van der Waals surface area contributed by atoms with E-state index in [4.69, 9.17) is 4.74 Å². The highest BCUT2D eigenvalue weighted by Crippen LogP contribution is 2.41. The van der Waals surface area contributed by atoms with Crippen LogP contribution in [0.3, 0.4) is 0 Å². The van der Waals surface area contributed by atoms with Gasteiger partial charge in [0.25, 0.3) is 0 Å². The lowest BCUT2D eigenvalue weighted by Crippen LogP contribution is -2.23. The number of halogens is 1. The minimum atomic E-state index is -0.371. The maximum absolute atomic E-state index is 15.7. The summed E-state index contributed by atoms with van der Waals surface area (Å²) in [4.78, 5) is 10.6. The maximum Gasteiger partial charge on any atom is 0.170 e. The first-order valence-corrected chi connectivity index (χ1v) is 9.71. The summed E-state index contributed by atoms with van der Waals surface area (Å²) in [6.45, 7) is 1.98. The summed E-state index contributed by atoms with van der Waals surface area (Å²) in [5.41, 5.74) is 4.00. The quantitative estimate of drug-likeness (QED) is 0.387. The molecule has 2 aromatic carbocycles. The molecule has 0 N–H and O–H groups in total. The molecule has 4 nitrogen and oxygen atoms in total. The molecule has 0 aliphatic carbocycles. The van der Waals surface area contributed by atoms with Gasteiger partial charge in [0.2, 0.25) is 0 Å². The lowest BCUT2D eigenvalue weighted by molar-refractivity contribution is 0.383. The summed E-state index contributed by atoms with van der Waals surface area (Å²) in [7, 11) is 1.48. The number of nitrogens with zero attached hydrogens (tertiary/aromatic N) is 3. The number of benzene rings is 2. The Bertz CT molecular complexity index is 1070. The van der Waals surface area contributed by atoms with Crippen LogP contribution in [0.1, 0.15) is 18.5 Å². The van der Waals surface area contributed by atoms with Crippen molar-refractivity contribution in [1.82, 2.24) is 9.97 Å². The highest BCUT2D eigenvalue weighted by molar-refractivity contribution is 5.72. The number of hydrogen-bond donors (Lipinski definition) is 0. The zero-order valence-corrected chi connectivity index (χ0v) is 16.9. The molecule has 2 heterocycles. The van der Waals surface area contributed by atoms with Crippen molar-refractivity contribution in [3.05, 3.63) is 103 Å².